The maximum absolute atomic E-state index is 13.3. The molecule has 1 aromatic carbocycles. The van der Waals surface area contributed by atoms with Gasteiger partial charge in [-0.3, -0.25) is 19.6 Å². The number of ketones is 1. The number of nitro benzene ring substituents is 1. The molecule has 0 saturated heterocycles. The van der Waals surface area contributed by atoms with Crippen LogP contribution in [-0.2, 0) is 13.2 Å². The number of nitrogens with zero attached hydrogens (tertiary/aromatic N) is 3. The lowest BCUT2D eigenvalue weighted by molar-refractivity contribution is -0.386. The lowest BCUT2D eigenvalue weighted by Crippen LogP contribution is -2.01. The van der Waals surface area contributed by atoms with Crippen molar-refractivity contribution in [2.45, 2.75) is 27.0 Å². The van der Waals surface area contributed by atoms with Crippen molar-refractivity contribution in [3.8, 4) is 5.75 Å². The molecule has 150 valence electrons. The quantitative estimate of drug-likeness (QED) is 0.242. The number of furan rings is 1. The summed E-state index contributed by atoms with van der Waals surface area (Å²) in [6.07, 6.45) is 4.42. The minimum Gasteiger partial charge on any atom is -0.479 e. The molecule has 0 bridgehead atoms. The average molecular weight is 399 g/mol. The Morgan fingerprint density at radius 1 is 1.38 bits per heavy atom. The molecule has 0 aliphatic carbocycles. The Morgan fingerprint density at radius 3 is 2.86 bits per heavy atom. The summed E-state index contributed by atoms with van der Waals surface area (Å²) in [6.45, 7) is 4.31. The molecule has 29 heavy (non-hydrogen) atoms. The maximum atomic E-state index is 13.3. The smallest absolute Gasteiger partial charge is 0.311 e. The zero-order chi connectivity index (χ0) is 21.0. The third-order valence-electron chi connectivity index (χ3n) is 4.24. The Morgan fingerprint density at radius 2 is 2.17 bits per heavy atom. The van der Waals surface area contributed by atoms with Crippen molar-refractivity contribution < 1.29 is 23.3 Å². The molecule has 0 spiro atoms. The predicted octanol–water partition coefficient (Wildman–Crippen LogP) is 4.33. The number of halogens is 1. The number of hydrogen-bond donors (Lipinski definition) is 0. The Balaban J connectivity index is 1.66. The van der Waals surface area contributed by atoms with Crippen LogP contribution in [0.4, 0.5) is 10.1 Å². The van der Waals surface area contributed by atoms with E-state index in [0.29, 0.717) is 23.6 Å². The third-order valence-corrected chi connectivity index (χ3v) is 4.24. The molecule has 0 N–H and O–H groups in total. The largest absolute Gasteiger partial charge is 0.479 e. The zero-order valence-electron chi connectivity index (χ0n) is 15.8. The van der Waals surface area contributed by atoms with Gasteiger partial charge in [0, 0.05) is 24.4 Å². The molecule has 0 fully saturated rings. The lowest BCUT2D eigenvalue weighted by atomic mass is 10.1. The van der Waals surface area contributed by atoms with Crippen molar-refractivity contribution in [3.63, 3.8) is 0 Å². The van der Waals surface area contributed by atoms with Crippen LogP contribution in [0, 0.1) is 22.9 Å². The van der Waals surface area contributed by atoms with Gasteiger partial charge in [0.15, 0.2) is 11.5 Å². The van der Waals surface area contributed by atoms with Crippen LogP contribution in [0.15, 0.2) is 47.0 Å². The van der Waals surface area contributed by atoms with E-state index >= 15 is 0 Å². The van der Waals surface area contributed by atoms with Gasteiger partial charge < -0.3 is 9.15 Å². The first-order valence-corrected chi connectivity index (χ1v) is 8.79. The monoisotopic (exact) mass is 399 g/mol. The maximum Gasteiger partial charge on any atom is 0.311 e. The molecule has 2 aromatic heterocycles. The molecule has 0 amide bonds. The van der Waals surface area contributed by atoms with Gasteiger partial charge in [0.1, 0.15) is 23.9 Å². The molecule has 0 radical (unpaired) electrons. The molecular weight excluding hydrogens is 381 g/mol. The van der Waals surface area contributed by atoms with E-state index in [1.807, 2.05) is 13.8 Å². The zero-order valence-corrected chi connectivity index (χ0v) is 15.8. The van der Waals surface area contributed by atoms with E-state index in [0.717, 1.165) is 23.9 Å². The summed E-state index contributed by atoms with van der Waals surface area (Å²) in [5.74, 6) is -0.264. The Hall–Kier alpha value is -3.75. The summed E-state index contributed by atoms with van der Waals surface area (Å²) < 4.78 is 25.9. The van der Waals surface area contributed by atoms with Crippen molar-refractivity contribution in [2.24, 2.45) is 0 Å². The van der Waals surface area contributed by atoms with E-state index in [-0.39, 0.29) is 23.8 Å². The number of aryl methyl sites for hydroxylation is 1. The summed E-state index contributed by atoms with van der Waals surface area (Å²) in [4.78, 5) is 22.7. The van der Waals surface area contributed by atoms with Crippen LogP contribution >= 0.6 is 0 Å². The van der Waals surface area contributed by atoms with E-state index in [2.05, 4.69) is 5.10 Å². The molecule has 0 saturated carbocycles. The Bertz CT molecular complexity index is 1080. The number of ether oxygens (including phenoxy) is 1. The van der Waals surface area contributed by atoms with Gasteiger partial charge in [-0.1, -0.05) is 0 Å². The minimum absolute atomic E-state index is 0.130. The number of nitro groups is 1. The van der Waals surface area contributed by atoms with Gasteiger partial charge in [-0.15, -0.1) is 0 Å². The highest BCUT2D eigenvalue weighted by Crippen LogP contribution is 2.28. The van der Waals surface area contributed by atoms with Crippen LogP contribution in [0.25, 0.3) is 6.08 Å². The molecule has 3 aromatic rings. The highest BCUT2D eigenvalue weighted by atomic mass is 19.1. The molecule has 0 unspecified atom stereocenters. The minimum atomic E-state index is -0.653. The van der Waals surface area contributed by atoms with Crippen molar-refractivity contribution in [1.82, 2.24) is 9.78 Å². The first kappa shape index (κ1) is 20.0. The first-order chi connectivity index (χ1) is 13.9. The van der Waals surface area contributed by atoms with Gasteiger partial charge in [0.2, 0.25) is 0 Å². The number of rotatable bonds is 8. The highest BCUT2D eigenvalue weighted by Gasteiger charge is 2.16. The molecule has 2 heterocycles. The van der Waals surface area contributed by atoms with E-state index < -0.39 is 10.7 Å². The topological polar surface area (TPSA) is 100 Å². The van der Waals surface area contributed by atoms with Crippen molar-refractivity contribution in [2.75, 3.05) is 0 Å². The molecule has 0 aliphatic rings. The summed E-state index contributed by atoms with van der Waals surface area (Å²) in [7, 11) is 0. The Labute approximate surface area is 165 Å². The van der Waals surface area contributed by atoms with Gasteiger partial charge >= 0.3 is 5.69 Å². The first-order valence-electron chi connectivity index (χ1n) is 8.79. The second-order valence-electron chi connectivity index (χ2n) is 6.12. The van der Waals surface area contributed by atoms with E-state index in [4.69, 9.17) is 9.15 Å². The molecule has 0 aliphatic heterocycles. The number of allylic oxidation sites excluding steroid dienone is 1. The van der Waals surface area contributed by atoms with Crippen LogP contribution in [0.5, 0.6) is 5.75 Å². The predicted molar refractivity (Wildman–Crippen MR) is 102 cm³/mol. The molecule has 9 heteroatoms. The van der Waals surface area contributed by atoms with Crippen LogP contribution in [0.1, 0.15) is 34.5 Å². The van der Waals surface area contributed by atoms with Crippen molar-refractivity contribution in [1.29, 1.82) is 0 Å². The molecular formula is C20H18FN3O5. The summed E-state index contributed by atoms with van der Waals surface area (Å²) in [6, 6.07) is 6.21. The average Bonchev–Trinajstić information content (AvgIpc) is 3.30. The fraction of sp³-hybridized carbons (Fsp3) is 0.200. The summed E-state index contributed by atoms with van der Waals surface area (Å²) in [5.41, 5.74) is 0.954. The number of benzene rings is 1. The molecule has 3 rings (SSSR count). The van der Waals surface area contributed by atoms with E-state index in [1.54, 1.807) is 16.8 Å². The van der Waals surface area contributed by atoms with Gasteiger partial charge in [-0.2, -0.15) is 5.10 Å². The van der Waals surface area contributed by atoms with Crippen molar-refractivity contribution >= 4 is 17.5 Å². The van der Waals surface area contributed by atoms with Gasteiger partial charge in [0.25, 0.3) is 0 Å². The lowest BCUT2D eigenvalue weighted by Gasteiger charge is -2.05. The van der Waals surface area contributed by atoms with Gasteiger partial charge in [-0.05, 0) is 44.2 Å². The second-order valence-corrected chi connectivity index (χ2v) is 6.12. The molecule has 8 nitrogen and oxygen atoms in total. The van der Waals surface area contributed by atoms with Gasteiger partial charge in [-0.25, -0.2) is 4.39 Å². The SMILES string of the molecule is CCn1ncc(C(=O)/C=C/c2ccc(COc3cc(F)ccc3[N+](=O)[O-])o2)c1C. The fourth-order valence-electron chi connectivity index (χ4n) is 2.72. The normalized spacial score (nSPS) is 11.1. The number of carbonyl (C=O) groups excluding carboxylic acids is 1. The fourth-order valence-corrected chi connectivity index (χ4v) is 2.72. The van der Waals surface area contributed by atoms with Crippen LogP contribution in [-0.4, -0.2) is 20.5 Å². The van der Waals surface area contributed by atoms with Gasteiger partial charge in [0.05, 0.1) is 16.7 Å². The number of aromatic nitrogens is 2. The third kappa shape index (κ3) is 4.57. The Kier molecular flexibility index (Phi) is 5.87. The van der Waals surface area contributed by atoms with E-state index in [9.17, 15) is 19.3 Å². The molecule has 0 atom stereocenters. The number of hydrogen-bond acceptors (Lipinski definition) is 6. The van der Waals surface area contributed by atoms with Crippen LogP contribution < -0.4 is 4.74 Å². The summed E-state index contributed by atoms with van der Waals surface area (Å²) >= 11 is 0. The van der Waals surface area contributed by atoms with Crippen molar-refractivity contribution in [3.05, 3.63) is 81.3 Å². The highest BCUT2D eigenvalue weighted by molar-refractivity contribution is 6.07. The van der Waals surface area contributed by atoms with E-state index in [1.165, 1.54) is 18.3 Å². The second kappa shape index (κ2) is 8.51. The number of carbonyl (C=O) groups is 1. The van der Waals surface area contributed by atoms with Crippen LogP contribution in [0.2, 0.25) is 0 Å². The summed E-state index contributed by atoms with van der Waals surface area (Å²) in [5, 5.41) is 15.1. The van der Waals surface area contributed by atoms with Crippen LogP contribution in [0.3, 0.4) is 0 Å². The standard InChI is InChI=1S/C20H18FN3O5/c1-3-23-13(2)17(11-22-23)19(25)9-7-15-5-6-16(29-15)12-28-20-10-14(21)4-8-18(20)24(26)27/h4-11H,3,12H2,1-2H3/b9-7+.